The first-order valence-corrected chi connectivity index (χ1v) is 6.47. The molecule has 0 aliphatic carbocycles. The fourth-order valence-electron chi connectivity index (χ4n) is 1.72. The Bertz CT molecular complexity index is 436. The van der Waals surface area contributed by atoms with Crippen molar-refractivity contribution in [3.05, 3.63) is 35.9 Å². The summed E-state index contributed by atoms with van der Waals surface area (Å²) in [4.78, 5) is 22.7. The number of ether oxygens (including phenoxy) is 1. The minimum atomic E-state index is -1.19. The molecule has 0 heterocycles. The molecule has 6 nitrogen and oxygen atoms in total. The molecule has 0 aliphatic heterocycles. The molecule has 0 fully saturated rings. The van der Waals surface area contributed by atoms with Crippen LogP contribution in [0.5, 0.6) is 0 Å². The van der Waals surface area contributed by atoms with Gasteiger partial charge in [-0.15, -0.1) is 0 Å². The summed E-state index contributed by atoms with van der Waals surface area (Å²) >= 11 is 0. The van der Waals surface area contributed by atoms with Gasteiger partial charge in [0.1, 0.15) is 6.04 Å². The Labute approximate surface area is 117 Å². The highest BCUT2D eigenvalue weighted by atomic mass is 16.6. The second-order valence-corrected chi connectivity index (χ2v) is 4.49. The monoisotopic (exact) mass is 280 g/mol. The van der Waals surface area contributed by atoms with E-state index in [1.54, 1.807) is 0 Å². The van der Waals surface area contributed by atoms with Crippen LogP contribution >= 0.6 is 0 Å². The van der Waals surface area contributed by atoms with Crippen molar-refractivity contribution in [1.82, 2.24) is 0 Å². The average molecular weight is 280 g/mol. The zero-order chi connectivity index (χ0) is 15.0. The molecule has 0 saturated carbocycles. The second kappa shape index (κ2) is 8.29. The molecule has 1 rings (SSSR count). The fourth-order valence-corrected chi connectivity index (χ4v) is 1.72. The van der Waals surface area contributed by atoms with Crippen LogP contribution in [0.3, 0.4) is 0 Å². The van der Waals surface area contributed by atoms with Crippen LogP contribution in [-0.2, 0) is 20.7 Å². The highest BCUT2D eigenvalue weighted by Crippen LogP contribution is 2.07. The van der Waals surface area contributed by atoms with Gasteiger partial charge in [-0.3, -0.25) is 4.79 Å². The number of carboxylic acid groups (broad SMARTS) is 1. The van der Waals surface area contributed by atoms with Gasteiger partial charge in [-0.1, -0.05) is 30.3 Å². The molecule has 2 atom stereocenters. The number of rotatable bonds is 8. The molecule has 2 unspecified atom stereocenters. The standard InChI is InChI=1S/C14H20N2O4/c15-8-4-7-12(13(17)18)20-14(19)11(16)9-10-5-2-1-3-6-10/h1-3,5-6,11-12H,4,7-9,15-16H2,(H,17,18). The number of benzene rings is 1. The van der Waals surface area contributed by atoms with Gasteiger partial charge in [-0.05, 0) is 31.4 Å². The van der Waals surface area contributed by atoms with Crippen LogP contribution in [0.4, 0.5) is 0 Å². The number of aliphatic carboxylic acids is 1. The SMILES string of the molecule is NCCCC(OC(=O)C(N)Cc1ccccc1)C(=O)O. The maximum Gasteiger partial charge on any atom is 0.345 e. The van der Waals surface area contributed by atoms with Gasteiger partial charge in [0.25, 0.3) is 0 Å². The Morgan fingerprint density at radius 2 is 1.90 bits per heavy atom. The molecule has 0 spiro atoms. The summed E-state index contributed by atoms with van der Waals surface area (Å²) in [6, 6.07) is 8.35. The third-order valence-electron chi connectivity index (χ3n) is 2.81. The van der Waals surface area contributed by atoms with Crippen LogP contribution in [0.25, 0.3) is 0 Å². The molecule has 1 aromatic carbocycles. The van der Waals surface area contributed by atoms with E-state index in [2.05, 4.69) is 0 Å². The second-order valence-electron chi connectivity index (χ2n) is 4.49. The number of carbonyl (C=O) groups is 2. The highest BCUT2D eigenvalue weighted by Gasteiger charge is 2.25. The quantitative estimate of drug-likeness (QED) is 0.589. The largest absolute Gasteiger partial charge is 0.479 e. The van der Waals surface area contributed by atoms with Gasteiger partial charge in [0, 0.05) is 0 Å². The molecular weight excluding hydrogens is 260 g/mol. The summed E-state index contributed by atoms with van der Waals surface area (Å²) in [6.07, 6.45) is -0.218. The molecule has 0 aliphatic rings. The smallest absolute Gasteiger partial charge is 0.345 e. The number of nitrogens with two attached hydrogens (primary N) is 2. The fraction of sp³-hybridized carbons (Fsp3) is 0.429. The molecule has 0 aromatic heterocycles. The van der Waals surface area contributed by atoms with Gasteiger partial charge >= 0.3 is 11.9 Å². The Kier molecular flexibility index (Phi) is 6.69. The average Bonchev–Trinajstić information content (AvgIpc) is 2.43. The molecule has 110 valence electrons. The van der Waals surface area contributed by atoms with Crippen molar-refractivity contribution >= 4 is 11.9 Å². The van der Waals surface area contributed by atoms with E-state index in [1.807, 2.05) is 30.3 Å². The van der Waals surface area contributed by atoms with Crippen LogP contribution in [0.15, 0.2) is 30.3 Å². The normalized spacial score (nSPS) is 13.5. The molecule has 6 heteroatoms. The molecule has 0 bridgehead atoms. The lowest BCUT2D eigenvalue weighted by Crippen LogP contribution is -2.39. The lowest BCUT2D eigenvalue weighted by atomic mass is 10.1. The summed E-state index contributed by atoms with van der Waals surface area (Å²) in [7, 11) is 0. The maximum absolute atomic E-state index is 11.8. The van der Waals surface area contributed by atoms with Crippen molar-refractivity contribution in [3.8, 4) is 0 Å². The van der Waals surface area contributed by atoms with E-state index < -0.39 is 24.1 Å². The van der Waals surface area contributed by atoms with Crippen molar-refractivity contribution < 1.29 is 19.4 Å². The molecular formula is C14H20N2O4. The first-order valence-electron chi connectivity index (χ1n) is 6.47. The van der Waals surface area contributed by atoms with Gasteiger partial charge in [0.15, 0.2) is 6.10 Å². The van der Waals surface area contributed by atoms with Gasteiger partial charge in [0.2, 0.25) is 0 Å². The predicted molar refractivity (Wildman–Crippen MR) is 73.9 cm³/mol. The zero-order valence-electron chi connectivity index (χ0n) is 11.2. The van der Waals surface area contributed by atoms with Crippen LogP contribution in [0.1, 0.15) is 18.4 Å². The van der Waals surface area contributed by atoms with Crippen molar-refractivity contribution in [2.75, 3.05) is 6.54 Å². The van der Waals surface area contributed by atoms with E-state index in [0.29, 0.717) is 19.4 Å². The number of hydrogen-bond acceptors (Lipinski definition) is 5. The summed E-state index contributed by atoms with van der Waals surface area (Å²) in [5.41, 5.74) is 11.9. The summed E-state index contributed by atoms with van der Waals surface area (Å²) in [5, 5.41) is 8.96. The molecule has 5 N–H and O–H groups in total. The summed E-state index contributed by atoms with van der Waals surface area (Å²) in [5.74, 6) is -1.89. The molecule has 20 heavy (non-hydrogen) atoms. The van der Waals surface area contributed by atoms with Crippen LogP contribution in [0, 0.1) is 0 Å². The minimum Gasteiger partial charge on any atom is -0.479 e. The van der Waals surface area contributed by atoms with Gasteiger partial charge in [0.05, 0.1) is 0 Å². The van der Waals surface area contributed by atoms with Gasteiger partial charge in [-0.2, -0.15) is 0 Å². The molecule has 0 amide bonds. The van der Waals surface area contributed by atoms with Crippen LogP contribution < -0.4 is 11.5 Å². The molecule has 1 aromatic rings. The topological polar surface area (TPSA) is 116 Å². The van der Waals surface area contributed by atoms with E-state index in [4.69, 9.17) is 21.3 Å². The number of esters is 1. The van der Waals surface area contributed by atoms with E-state index in [9.17, 15) is 9.59 Å². The Hall–Kier alpha value is -1.92. The lowest BCUT2D eigenvalue weighted by Gasteiger charge is -2.16. The van der Waals surface area contributed by atoms with Crippen LogP contribution in [-0.4, -0.2) is 35.7 Å². The summed E-state index contributed by atoms with van der Waals surface area (Å²) < 4.78 is 4.93. The lowest BCUT2D eigenvalue weighted by molar-refractivity contribution is -0.165. The molecule has 0 saturated heterocycles. The van der Waals surface area contributed by atoms with E-state index in [0.717, 1.165) is 5.56 Å². The third-order valence-corrected chi connectivity index (χ3v) is 2.81. The number of carbonyl (C=O) groups excluding carboxylic acids is 1. The molecule has 0 radical (unpaired) electrons. The van der Waals surface area contributed by atoms with Gasteiger partial charge in [-0.25, -0.2) is 4.79 Å². The summed E-state index contributed by atoms with van der Waals surface area (Å²) in [6.45, 7) is 0.345. The van der Waals surface area contributed by atoms with E-state index in [-0.39, 0.29) is 6.42 Å². The zero-order valence-corrected chi connectivity index (χ0v) is 11.2. The van der Waals surface area contributed by atoms with Crippen LogP contribution in [0.2, 0.25) is 0 Å². The van der Waals surface area contributed by atoms with E-state index >= 15 is 0 Å². The minimum absolute atomic E-state index is 0.190. The van der Waals surface area contributed by atoms with Gasteiger partial charge < -0.3 is 21.3 Å². The van der Waals surface area contributed by atoms with Crippen molar-refractivity contribution in [1.29, 1.82) is 0 Å². The first kappa shape index (κ1) is 16.1. The number of carboxylic acids is 1. The predicted octanol–water partition coefficient (Wildman–Crippen LogP) is 0.292. The Balaban J connectivity index is 2.53. The highest BCUT2D eigenvalue weighted by molar-refractivity contribution is 5.81. The first-order chi connectivity index (χ1) is 9.54. The number of hydrogen-bond donors (Lipinski definition) is 3. The van der Waals surface area contributed by atoms with Crippen molar-refractivity contribution in [2.45, 2.75) is 31.4 Å². The Morgan fingerprint density at radius 3 is 2.45 bits per heavy atom. The van der Waals surface area contributed by atoms with E-state index in [1.165, 1.54) is 0 Å². The Morgan fingerprint density at radius 1 is 1.25 bits per heavy atom. The van der Waals surface area contributed by atoms with Crippen molar-refractivity contribution in [3.63, 3.8) is 0 Å². The third kappa shape index (κ3) is 5.38. The maximum atomic E-state index is 11.8. The van der Waals surface area contributed by atoms with Crippen molar-refractivity contribution in [2.24, 2.45) is 11.5 Å².